The van der Waals surface area contributed by atoms with Crippen molar-refractivity contribution in [1.82, 2.24) is 25.1 Å². The van der Waals surface area contributed by atoms with Crippen LogP contribution in [0.2, 0.25) is 0 Å². The Morgan fingerprint density at radius 3 is 2.94 bits per heavy atom. The van der Waals surface area contributed by atoms with Crippen molar-refractivity contribution < 1.29 is 0 Å². The van der Waals surface area contributed by atoms with E-state index in [-0.39, 0.29) is 0 Å². The van der Waals surface area contributed by atoms with Crippen molar-refractivity contribution in [1.29, 1.82) is 0 Å². The van der Waals surface area contributed by atoms with E-state index in [1.807, 2.05) is 30.8 Å². The predicted octanol–water partition coefficient (Wildman–Crippen LogP) is 0.639. The molecule has 0 atom stereocenters. The molecule has 0 unspecified atom stereocenters. The van der Waals surface area contributed by atoms with Crippen LogP contribution in [-0.4, -0.2) is 33.3 Å². The lowest BCUT2D eigenvalue weighted by Gasteiger charge is -2.03. The number of likely N-dealkylation sites (N-methyl/N-ethyl adjacent to an activating group) is 1. The van der Waals surface area contributed by atoms with Gasteiger partial charge in [-0.15, -0.1) is 10.2 Å². The summed E-state index contributed by atoms with van der Waals surface area (Å²) in [6.45, 7) is 0.902. The minimum absolute atomic E-state index is 0.860. The number of hydrogen-bond acceptors (Lipinski definition) is 4. The van der Waals surface area contributed by atoms with E-state index in [1.165, 1.54) is 0 Å². The maximum atomic E-state index is 4.18. The third-order valence-corrected chi connectivity index (χ3v) is 2.48. The number of nitrogens with one attached hydrogen (secondary N) is 1. The summed E-state index contributed by atoms with van der Waals surface area (Å²) in [5, 5.41) is 11.5. The molecule has 1 N–H and O–H groups in total. The molecule has 0 radical (unpaired) electrons. The molecular weight excluding hydrogens is 202 g/mol. The third kappa shape index (κ3) is 2.09. The Labute approximate surface area is 94.5 Å². The lowest BCUT2D eigenvalue weighted by Crippen LogP contribution is -2.13. The van der Waals surface area contributed by atoms with E-state index in [1.54, 1.807) is 12.4 Å². The van der Waals surface area contributed by atoms with Crippen LogP contribution in [0.25, 0.3) is 11.4 Å². The van der Waals surface area contributed by atoms with Crippen LogP contribution in [0.4, 0.5) is 0 Å². The number of rotatable bonds is 4. The van der Waals surface area contributed by atoms with E-state index in [0.29, 0.717) is 0 Å². The van der Waals surface area contributed by atoms with Crippen LogP contribution in [0.3, 0.4) is 0 Å². The SMILES string of the molecule is CNCCc1nnc(-c2cccnc2)n1C. The van der Waals surface area contributed by atoms with Gasteiger partial charge in [-0.05, 0) is 19.2 Å². The highest BCUT2D eigenvalue weighted by molar-refractivity contribution is 5.53. The highest BCUT2D eigenvalue weighted by Crippen LogP contribution is 2.15. The average molecular weight is 217 g/mol. The van der Waals surface area contributed by atoms with E-state index in [4.69, 9.17) is 0 Å². The maximum absolute atomic E-state index is 4.18. The Hall–Kier alpha value is -1.75. The van der Waals surface area contributed by atoms with Crippen LogP contribution < -0.4 is 5.32 Å². The normalized spacial score (nSPS) is 10.6. The molecule has 84 valence electrons. The molecule has 0 saturated carbocycles. The predicted molar refractivity (Wildman–Crippen MR) is 61.9 cm³/mol. The van der Waals surface area contributed by atoms with Gasteiger partial charge < -0.3 is 9.88 Å². The molecule has 0 spiro atoms. The third-order valence-electron chi connectivity index (χ3n) is 2.48. The van der Waals surface area contributed by atoms with Gasteiger partial charge in [-0.25, -0.2) is 0 Å². The first kappa shape index (κ1) is 10.8. The molecule has 0 aromatic carbocycles. The summed E-state index contributed by atoms with van der Waals surface area (Å²) in [5.74, 6) is 1.84. The molecule has 0 aliphatic heterocycles. The summed E-state index contributed by atoms with van der Waals surface area (Å²) in [4.78, 5) is 4.08. The Morgan fingerprint density at radius 2 is 2.25 bits per heavy atom. The standard InChI is InChI=1S/C11H15N5/c1-12-7-5-10-14-15-11(16(10)2)9-4-3-6-13-8-9/h3-4,6,8,12H,5,7H2,1-2H3. The first-order valence-corrected chi connectivity index (χ1v) is 5.26. The summed E-state index contributed by atoms with van der Waals surface area (Å²) in [5.41, 5.74) is 0.994. The van der Waals surface area contributed by atoms with E-state index >= 15 is 0 Å². The summed E-state index contributed by atoms with van der Waals surface area (Å²) in [7, 11) is 3.91. The molecule has 2 heterocycles. The molecule has 2 aromatic heterocycles. The van der Waals surface area contributed by atoms with E-state index in [9.17, 15) is 0 Å². The lowest BCUT2D eigenvalue weighted by molar-refractivity contribution is 0.718. The van der Waals surface area contributed by atoms with Gasteiger partial charge in [0.25, 0.3) is 0 Å². The molecule has 2 aromatic rings. The van der Waals surface area contributed by atoms with Crippen molar-refractivity contribution in [3.63, 3.8) is 0 Å². The molecule has 0 saturated heterocycles. The Balaban J connectivity index is 2.27. The average Bonchev–Trinajstić information content (AvgIpc) is 2.69. The van der Waals surface area contributed by atoms with Crippen LogP contribution in [0, 0.1) is 0 Å². The quantitative estimate of drug-likeness (QED) is 0.816. The second-order valence-electron chi connectivity index (χ2n) is 3.59. The molecular formula is C11H15N5. The van der Waals surface area contributed by atoms with E-state index in [2.05, 4.69) is 20.5 Å². The minimum Gasteiger partial charge on any atom is -0.319 e. The fraction of sp³-hybridized carbons (Fsp3) is 0.364. The van der Waals surface area contributed by atoms with Gasteiger partial charge in [-0.1, -0.05) is 0 Å². The number of hydrogen-bond donors (Lipinski definition) is 1. The molecule has 16 heavy (non-hydrogen) atoms. The van der Waals surface area contributed by atoms with Crippen molar-refractivity contribution >= 4 is 0 Å². The highest BCUT2D eigenvalue weighted by Gasteiger charge is 2.09. The van der Waals surface area contributed by atoms with Gasteiger partial charge in [0.05, 0.1) is 0 Å². The fourth-order valence-electron chi connectivity index (χ4n) is 1.56. The molecule has 5 nitrogen and oxygen atoms in total. The smallest absolute Gasteiger partial charge is 0.165 e. The van der Waals surface area contributed by atoms with Crippen LogP contribution >= 0.6 is 0 Å². The molecule has 0 fully saturated rings. The van der Waals surface area contributed by atoms with Gasteiger partial charge >= 0.3 is 0 Å². The summed E-state index contributed by atoms with van der Waals surface area (Å²) < 4.78 is 2.01. The van der Waals surface area contributed by atoms with E-state index < -0.39 is 0 Å². The van der Waals surface area contributed by atoms with Crippen LogP contribution in [-0.2, 0) is 13.5 Å². The lowest BCUT2D eigenvalue weighted by atomic mass is 10.3. The monoisotopic (exact) mass is 217 g/mol. The number of pyridine rings is 1. The number of aromatic nitrogens is 4. The van der Waals surface area contributed by atoms with Crippen molar-refractivity contribution in [2.45, 2.75) is 6.42 Å². The van der Waals surface area contributed by atoms with Crippen molar-refractivity contribution in [2.24, 2.45) is 7.05 Å². The zero-order valence-corrected chi connectivity index (χ0v) is 9.51. The van der Waals surface area contributed by atoms with Gasteiger partial charge in [-0.3, -0.25) is 4.98 Å². The second-order valence-corrected chi connectivity index (χ2v) is 3.59. The fourth-order valence-corrected chi connectivity index (χ4v) is 1.56. The maximum Gasteiger partial charge on any atom is 0.165 e. The first-order chi connectivity index (χ1) is 7.83. The molecule has 0 aliphatic rings. The first-order valence-electron chi connectivity index (χ1n) is 5.26. The largest absolute Gasteiger partial charge is 0.319 e. The topological polar surface area (TPSA) is 55.6 Å². The van der Waals surface area contributed by atoms with Crippen LogP contribution in [0.1, 0.15) is 5.82 Å². The summed E-state index contributed by atoms with van der Waals surface area (Å²) in [6, 6.07) is 3.89. The van der Waals surface area contributed by atoms with Gasteiger partial charge in [0.1, 0.15) is 5.82 Å². The van der Waals surface area contributed by atoms with Crippen molar-refractivity contribution in [3.05, 3.63) is 30.4 Å². The van der Waals surface area contributed by atoms with Gasteiger partial charge in [-0.2, -0.15) is 0 Å². The van der Waals surface area contributed by atoms with E-state index in [0.717, 1.165) is 30.2 Å². The Morgan fingerprint density at radius 1 is 1.38 bits per heavy atom. The highest BCUT2D eigenvalue weighted by atomic mass is 15.3. The zero-order chi connectivity index (χ0) is 11.4. The van der Waals surface area contributed by atoms with Gasteiger partial charge in [0, 0.05) is 38.0 Å². The van der Waals surface area contributed by atoms with Crippen molar-refractivity contribution in [3.8, 4) is 11.4 Å². The molecule has 2 rings (SSSR count). The second kappa shape index (κ2) is 4.85. The van der Waals surface area contributed by atoms with Crippen molar-refractivity contribution in [2.75, 3.05) is 13.6 Å². The zero-order valence-electron chi connectivity index (χ0n) is 9.51. The Bertz CT molecular complexity index is 449. The Kier molecular flexibility index (Phi) is 3.26. The molecule has 5 heteroatoms. The van der Waals surface area contributed by atoms with Gasteiger partial charge in [0.2, 0.25) is 0 Å². The minimum atomic E-state index is 0.860. The van der Waals surface area contributed by atoms with Crippen LogP contribution in [0.15, 0.2) is 24.5 Å². The molecule has 0 aliphatic carbocycles. The van der Waals surface area contributed by atoms with Crippen LogP contribution in [0.5, 0.6) is 0 Å². The number of nitrogens with zero attached hydrogens (tertiary/aromatic N) is 4. The molecule has 0 amide bonds. The molecule has 0 bridgehead atoms. The summed E-state index contributed by atoms with van der Waals surface area (Å²) in [6.07, 6.45) is 4.42. The van der Waals surface area contributed by atoms with Gasteiger partial charge in [0.15, 0.2) is 5.82 Å². The summed E-state index contributed by atoms with van der Waals surface area (Å²) >= 11 is 0.